The first-order valence-corrected chi connectivity index (χ1v) is 3.46. The Morgan fingerprint density at radius 1 is 1.50 bits per heavy atom. The highest BCUT2D eigenvalue weighted by atomic mass is 16.7. The van der Waals surface area contributed by atoms with Crippen LogP contribution in [-0.4, -0.2) is 22.3 Å². The number of rotatable bonds is 1. The molecule has 1 aromatic heterocycles. The van der Waals surface area contributed by atoms with Crippen molar-refractivity contribution in [1.82, 2.24) is 15.2 Å². The van der Waals surface area contributed by atoms with E-state index in [1.54, 1.807) is 18.2 Å². The minimum absolute atomic E-state index is 0.670. The lowest BCUT2D eigenvalue weighted by atomic mass is 10.3. The normalized spacial score (nSPS) is 10.4. The van der Waals surface area contributed by atoms with E-state index in [9.17, 15) is 0 Å². The fourth-order valence-corrected chi connectivity index (χ4v) is 1.05. The Labute approximate surface area is 68.7 Å². The maximum atomic E-state index is 5.58. The van der Waals surface area contributed by atoms with E-state index >= 15 is 0 Å². The standard InChI is InChI=1S/C7H8N4O/c1-12-11-7-4-5(8)2-3-6(7)9-10-11/h2-4H,8H2,1H3. The van der Waals surface area contributed by atoms with Crippen LogP contribution in [0.25, 0.3) is 11.0 Å². The number of nitrogen functional groups attached to an aromatic ring is 1. The van der Waals surface area contributed by atoms with Crippen LogP contribution < -0.4 is 10.6 Å². The second kappa shape index (κ2) is 2.37. The Morgan fingerprint density at radius 3 is 3.08 bits per heavy atom. The van der Waals surface area contributed by atoms with Gasteiger partial charge in [0.15, 0.2) is 0 Å². The van der Waals surface area contributed by atoms with Crippen molar-refractivity contribution in [2.45, 2.75) is 0 Å². The Hall–Kier alpha value is -1.78. The van der Waals surface area contributed by atoms with Gasteiger partial charge in [-0.3, -0.25) is 0 Å². The van der Waals surface area contributed by atoms with Crippen LogP contribution >= 0.6 is 0 Å². The average molecular weight is 164 g/mol. The summed E-state index contributed by atoms with van der Waals surface area (Å²) in [7, 11) is 1.53. The smallest absolute Gasteiger partial charge is 0.132 e. The zero-order valence-electron chi connectivity index (χ0n) is 6.56. The fraction of sp³-hybridized carbons (Fsp3) is 0.143. The third kappa shape index (κ3) is 0.868. The number of anilines is 1. The van der Waals surface area contributed by atoms with Crippen LogP contribution in [0.4, 0.5) is 5.69 Å². The van der Waals surface area contributed by atoms with E-state index in [0.717, 1.165) is 11.0 Å². The quantitative estimate of drug-likeness (QED) is 0.606. The molecule has 1 aromatic carbocycles. The molecule has 0 saturated heterocycles. The average Bonchev–Trinajstić information content (AvgIpc) is 2.46. The third-order valence-corrected chi connectivity index (χ3v) is 1.61. The lowest BCUT2D eigenvalue weighted by Crippen LogP contribution is -2.07. The molecular formula is C7H8N4O. The van der Waals surface area contributed by atoms with E-state index in [2.05, 4.69) is 10.3 Å². The summed E-state index contributed by atoms with van der Waals surface area (Å²) in [6.45, 7) is 0. The van der Waals surface area contributed by atoms with Crippen LogP contribution in [-0.2, 0) is 0 Å². The molecule has 2 aromatic rings. The molecule has 62 valence electrons. The molecule has 12 heavy (non-hydrogen) atoms. The maximum Gasteiger partial charge on any atom is 0.132 e. The molecule has 0 fully saturated rings. The van der Waals surface area contributed by atoms with Gasteiger partial charge >= 0.3 is 0 Å². The molecule has 5 nitrogen and oxygen atoms in total. The summed E-state index contributed by atoms with van der Waals surface area (Å²) in [5.74, 6) is 0. The van der Waals surface area contributed by atoms with Gasteiger partial charge in [0.1, 0.15) is 18.1 Å². The molecule has 0 aliphatic heterocycles. The molecule has 0 atom stereocenters. The second-order valence-corrected chi connectivity index (χ2v) is 2.39. The molecular weight excluding hydrogens is 156 g/mol. The molecule has 2 N–H and O–H groups in total. The number of hydrogen-bond donors (Lipinski definition) is 1. The van der Waals surface area contributed by atoms with Crippen LogP contribution in [0.3, 0.4) is 0 Å². The predicted molar refractivity (Wildman–Crippen MR) is 44.4 cm³/mol. The molecule has 0 bridgehead atoms. The van der Waals surface area contributed by atoms with Crippen molar-refractivity contribution in [3.8, 4) is 0 Å². The number of nitrogens with two attached hydrogens (primary N) is 1. The van der Waals surface area contributed by atoms with Crippen molar-refractivity contribution in [1.29, 1.82) is 0 Å². The van der Waals surface area contributed by atoms with Gasteiger partial charge in [-0.1, -0.05) is 4.85 Å². The monoisotopic (exact) mass is 164 g/mol. The highest BCUT2D eigenvalue weighted by molar-refractivity contribution is 5.77. The van der Waals surface area contributed by atoms with Crippen molar-refractivity contribution in [3.63, 3.8) is 0 Å². The fourth-order valence-electron chi connectivity index (χ4n) is 1.05. The first-order chi connectivity index (χ1) is 5.81. The third-order valence-electron chi connectivity index (χ3n) is 1.61. The van der Waals surface area contributed by atoms with Crippen LogP contribution in [0.1, 0.15) is 0 Å². The summed E-state index contributed by atoms with van der Waals surface area (Å²) in [6.07, 6.45) is 0. The van der Waals surface area contributed by atoms with Crippen LogP contribution in [0, 0.1) is 0 Å². The molecule has 5 heteroatoms. The van der Waals surface area contributed by atoms with Gasteiger partial charge in [0.05, 0.1) is 0 Å². The highest BCUT2D eigenvalue weighted by Gasteiger charge is 2.02. The zero-order valence-corrected chi connectivity index (χ0v) is 6.56. The van der Waals surface area contributed by atoms with Gasteiger partial charge in [-0.05, 0) is 23.4 Å². The van der Waals surface area contributed by atoms with Gasteiger partial charge in [0.2, 0.25) is 0 Å². The van der Waals surface area contributed by atoms with Gasteiger partial charge in [-0.25, -0.2) is 0 Å². The number of benzene rings is 1. The molecule has 0 unspecified atom stereocenters. The van der Waals surface area contributed by atoms with Crippen molar-refractivity contribution >= 4 is 16.7 Å². The van der Waals surface area contributed by atoms with Crippen LogP contribution in [0.5, 0.6) is 0 Å². The number of nitrogens with zero attached hydrogens (tertiary/aromatic N) is 3. The van der Waals surface area contributed by atoms with Crippen molar-refractivity contribution < 1.29 is 4.84 Å². The summed E-state index contributed by atoms with van der Waals surface area (Å²) in [6, 6.07) is 5.34. The van der Waals surface area contributed by atoms with E-state index in [4.69, 9.17) is 10.6 Å². The highest BCUT2D eigenvalue weighted by Crippen LogP contribution is 2.13. The number of aromatic nitrogens is 3. The van der Waals surface area contributed by atoms with E-state index in [0.29, 0.717) is 5.69 Å². The topological polar surface area (TPSA) is 66.0 Å². The first-order valence-electron chi connectivity index (χ1n) is 3.46. The molecule has 0 saturated carbocycles. The molecule has 0 aliphatic carbocycles. The molecule has 0 aliphatic rings. The molecule has 0 amide bonds. The van der Waals surface area contributed by atoms with E-state index in [-0.39, 0.29) is 0 Å². The van der Waals surface area contributed by atoms with Gasteiger partial charge in [0.25, 0.3) is 0 Å². The number of hydrogen-bond acceptors (Lipinski definition) is 4. The van der Waals surface area contributed by atoms with E-state index < -0.39 is 0 Å². The van der Waals surface area contributed by atoms with Gasteiger partial charge in [0, 0.05) is 5.69 Å². The summed E-state index contributed by atoms with van der Waals surface area (Å²) < 4.78 is 0. The van der Waals surface area contributed by atoms with Gasteiger partial charge < -0.3 is 10.6 Å². The zero-order chi connectivity index (χ0) is 8.55. The minimum atomic E-state index is 0.670. The van der Waals surface area contributed by atoms with Gasteiger partial charge in [-0.15, -0.1) is 5.10 Å². The molecule has 0 radical (unpaired) electrons. The van der Waals surface area contributed by atoms with Gasteiger partial charge in [-0.2, -0.15) is 0 Å². The molecule has 1 heterocycles. The van der Waals surface area contributed by atoms with E-state index in [1.807, 2.05) is 0 Å². The van der Waals surface area contributed by atoms with Crippen molar-refractivity contribution in [2.24, 2.45) is 0 Å². The second-order valence-electron chi connectivity index (χ2n) is 2.39. The van der Waals surface area contributed by atoms with Crippen molar-refractivity contribution in [2.75, 3.05) is 12.8 Å². The summed E-state index contributed by atoms with van der Waals surface area (Å²) in [5.41, 5.74) is 7.80. The summed E-state index contributed by atoms with van der Waals surface area (Å²) in [4.78, 5) is 6.24. The lowest BCUT2D eigenvalue weighted by Gasteiger charge is -1.97. The minimum Gasteiger partial charge on any atom is -0.399 e. The molecule has 0 spiro atoms. The SMILES string of the molecule is COn1nnc2ccc(N)cc21. The largest absolute Gasteiger partial charge is 0.399 e. The lowest BCUT2D eigenvalue weighted by molar-refractivity contribution is 0.139. The summed E-state index contributed by atoms with van der Waals surface area (Å²) in [5, 5.41) is 7.61. The van der Waals surface area contributed by atoms with Crippen LogP contribution in [0.15, 0.2) is 18.2 Å². The van der Waals surface area contributed by atoms with E-state index in [1.165, 1.54) is 12.0 Å². The Kier molecular flexibility index (Phi) is 1.36. The Morgan fingerprint density at radius 2 is 2.33 bits per heavy atom. The summed E-state index contributed by atoms with van der Waals surface area (Å²) >= 11 is 0. The predicted octanol–water partition coefficient (Wildman–Crippen LogP) is 0.0719. The van der Waals surface area contributed by atoms with Crippen LogP contribution in [0.2, 0.25) is 0 Å². The Balaban J connectivity index is 2.75. The Bertz CT molecular complexity index is 409. The molecule has 2 rings (SSSR count). The maximum absolute atomic E-state index is 5.58. The van der Waals surface area contributed by atoms with Crippen molar-refractivity contribution in [3.05, 3.63) is 18.2 Å². The first kappa shape index (κ1) is 6.90. The number of fused-ring (bicyclic) bond motifs is 1.